The number of aliphatic hydroxyl groups is 2. The first-order valence-electron chi connectivity index (χ1n) is 18.1. The average Bonchev–Trinajstić information content (AvgIpc) is 3.67. The summed E-state index contributed by atoms with van der Waals surface area (Å²) in [6, 6.07) is 13.8. The quantitative estimate of drug-likeness (QED) is 0.0470. The summed E-state index contributed by atoms with van der Waals surface area (Å²) in [4.78, 5) is 56.4. The van der Waals surface area contributed by atoms with Crippen molar-refractivity contribution in [2.75, 3.05) is 11.9 Å². The maximum atomic E-state index is 13.8. The van der Waals surface area contributed by atoms with Crippen LogP contribution in [0, 0.1) is 0 Å². The van der Waals surface area contributed by atoms with E-state index in [1.807, 2.05) is 19.9 Å². The lowest BCUT2D eigenvalue weighted by atomic mass is 9.83. The number of hydrogen-bond acceptors (Lipinski definition) is 10. The lowest BCUT2D eigenvalue weighted by molar-refractivity contribution is -0.136. The van der Waals surface area contributed by atoms with Gasteiger partial charge in [-0.1, -0.05) is 33.3 Å². The lowest BCUT2D eigenvalue weighted by Gasteiger charge is -2.36. The summed E-state index contributed by atoms with van der Waals surface area (Å²) in [6.07, 6.45) is 6.03. The number of pyridine rings is 2. The van der Waals surface area contributed by atoms with Crippen LogP contribution in [-0.2, 0) is 39.5 Å². The molecule has 4 aromatic rings. The van der Waals surface area contributed by atoms with Crippen LogP contribution >= 0.6 is 0 Å². The zero-order valence-corrected chi connectivity index (χ0v) is 29.8. The number of carbonyl (C=O) groups excluding carboxylic acids is 3. The number of aromatic nitrogens is 2. The summed E-state index contributed by atoms with van der Waals surface area (Å²) in [5, 5.41) is 25.9. The van der Waals surface area contributed by atoms with Gasteiger partial charge in [0.15, 0.2) is 0 Å². The number of imide groups is 1. The van der Waals surface area contributed by atoms with E-state index in [1.54, 1.807) is 47.0 Å². The maximum Gasteiger partial charge on any atom is 0.343 e. The largest absolute Gasteiger partial charge is 0.490 e. The van der Waals surface area contributed by atoms with Crippen molar-refractivity contribution in [3.63, 3.8) is 0 Å². The number of esters is 1. The van der Waals surface area contributed by atoms with Crippen LogP contribution in [0.1, 0.15) is 85.0 Å². The highest BCUT2D eigenvalue weighted by molar-refractivity contribution is 6.12. The Balaban J connectivity index is 1.02. The summed E-state index contributed by atoms with van der Waals surface area (Å²) >= 11 is 0. The van der Waals surface area contributed by atoms with E-state index in [2.05, 4.69) is 11.9 Å². The molecule has 0 radical (unpaired) electrons. The predicted octanol–water partition coefficient (Wildman–Crippen LogP) is 5.45. The fraction of sp³-hybridized carbons (Fsp3) is 0.341. The Morgan fingerprint density at radius 3 is 2.51 bits per heavy atom. The van der Waals surface area contributed by atoms with Crippen molar-refractivity contribution in [1.82, 2.24) is 14.5 Å². The van der Waals surface area contributed by atoms with Crippen LogP contribution in [0.25, 0.3) is 22.3 Å². The number of aliphatic hydroxyl groups excluding tert-OH is 1. The third kappa shape index (κ3) is 6.64. The van der Waals surface area contributed by atoms with Gasteiger partial charge in [-0.3, -0.25) is 19.3 Å². The minimum atomic E-state index is -1.46. The third-order valence-electron chi connectivity index (χ3n) is 10.3. The number of unbranched alkanes of at least 4 members (excludes halogenated alkanes) is 2. The summed E-state index contributed by atoms with van der Waals surface area (Å²) in [7, 11) is 0. The molecule has 2 aromatic carbocycles. The topological polar surface area (TPSA) is 160 Å². The number of benzene rings is 2. The monoisotopic (exact) mass is 718 g/mol. The molecule has 3 aliphatic rings. The molecule has 53 heavy (non-hydrogen) atoms. The van der Waals surface area contributed by atoms with Crippen molar-refractivity contribution in [2.24, 2.45) is 0 Å². The number of anilines is 1. The van der Waals surface area contributed by atoms with E-state index in [1.165, 1.54) is 17.1 Å². The number of aryl methyl sites for hydroxylation is 1. The second-order valence-electron chi connectivity index (χ2n) is 13.7. The van der Waals surface area contributed by atoms with Gasteiger partial charge in [-0.15, -0.1) is 0 Å². The number of ether oxygens (including phenoxy) is 2. The summed E-state index contributed by atoms with van der Waals surface area (Å²) in [5.74, 6) is -0.514. The Morgan fingerprint density at radius 1 is 1.04 bits per heavy atom. The van der Waals surface area contributed by atoms with E-state index in [9.17, 15) is 29.4 Å². The Labute approximate surface area is 306 Å². The normalized spacial score (nSPS) is 17.8. The molecule has 12 nitrogen and oxygen atoms in total. The molecule has 0 fully saturated rings. The van der Waals surface area contributed by atoms with Crippen LogP contribution < -0.4 is 15.6 Å². The van der Waals surface area contributed by atoms with Crippen molar-refractivity contribution in [3.05, 3.63) is 111 Å². The fourth-order valence-corrected chi connectivity index (χ4v) is 7.54. The highest BCUT2D eigenvalue weighted by atomic mass is 16.5. The molecule has 2 amide bonds. The number of amides is 2. The van der Waals surface area contributed by atoms with Gasteiger partial charge in [-0.2, -0.15) is 0 Å². The molecular weight excluding hydrogens is 676 g/mol. The van der Waals surface area contributed by atoms with Gasteiger partial charge in [0.1, 0.15) is 29.9 Å². The van der Waals surface area contributed by atoms with Gasteiger partial charge in [0.25, 0.3) is 17.4 Å². The first kappa shape index (κ1) is 35.8. The van der Waals surface area contributed by atoms with Crippen LogP contribution in [0.3, 0.4) is 0 Å². The van der Waals surface area contributed by atoms with Crippen LogP contribution in [0.2, 0.25) is 0 Å². The Hall–Kier alpha value is -5.59. The molecule has 0 saturated carbocycles. The van der Waals surface area contributed by atoms with Crippen molar-refractivity contribution < 1.29 is 34.1 Å². The zero-order valence-electron chi connectivity index (χ0n) is 29.8. The molecule has 274 valence electrons. The van der Waals surface area contributed by atoms with Gasteiger partial charge in [0.05, 0.1) is 34.6 Å². The fourth-order valence-electron chi connectivity index (χ4n) is 7.54. The number of rotatable bonds is 13. The van der Waals surface area contributed by atoms with Crippen molar-refractivity contribution >= 4 is 34.4 Å². The molecule has 3 aliphatic heterocycles. The molecular formula is C41H42N4O8. The summed E-state index contributed by atoms with van der Waals surface area (Å²) in [6.45, 7) is 8.69. The summed E-state index contributed by atoms with van der Waals surface area (Å²) in [5.41, 5.74) is 4.21. The lowest BCUT2D eigenvalue weighted by Crippen LogP contribution is -2.39. The number of nitrogens with zero attached hydrogens (tertiary/aromatic N) is 3. The highest BCUT2D eigenvalue weighted by Crippen LogP contribution is 2.43. The standard InChI is InChI=1S/C41H42N4O8/c1-4-18-41(51)24(3)52-23-31-32(41)21-34-38-30(22-45(34)39(31)49)28(5-2)29-20-27(14-15-33(29)43-38)53-40(50)25-10-12-26(13-11-25)42-35(46)9-7-6-8-19-44-36(47)16-17-37(44)48/h10-17,20-21,35,42,46,51H,3-9,18-19,22-23H2,1-2H3. The van der Waals surface area contributed by atoms with Gasteiger partial charge >= 0.3 is 5.97 Å². The van der Waals surface area contributed by atoms with E-state index in [4.69, 9.17) is 14.5 Å². The molecule has 7 rings (SSSR count). The molecule has 2 aromatic heterocycles. The molecule has 0 aliphatic carbocycles. The van der Waals surface area contributed by atoms with E-state index in [0.29, 0.717) is 96.6 Å². The molecule has 3 N–H and O–H groups in total. The average molecular weight is 719 g/mol. The smallest absolute Gasteiger partial charge is 0.343 e. The number of nitrogens with one attached hydrogen (secondary N) is 1. The third-order valence-corrected chi connectivity index (χ3v) is 10.3. The molecule has 0 bridgehead atoms. The first-order valence-corrected chi connectivity index (χ1v) is 18.1. The van der Waals surface area contributed by atoms with Crippen molar-refractivity contribution in [3.8, 4) is 17.1 Å². The van der Waals surface area contributed by atoms with Gasteiger partial charge in [0, 0.05) is 40.9 Å². The van der Waals surface area contributed by atoms with E-state index in [-0.39, 0.29) is 29.7 Å². The van der Waals surface area contributed by atoms with Crippen molar-refractivity contribution in [1.29, 1.82) is 0 Å². The molecule has 2 unspecified atom stereocenters. The van der Waals surface area contributed by atoms with Crippen LogP contribution in [0.15, 0.2) is 77.8 Å². The van der Waals surface area contributed by atoms with Crippen LogP contribution in [0.4, 0.5) is 5.69 Å². The van der Waals surface area contributed by atoms with E-state index >= 15 is 0 Å². The Kier molecular flexibility index (Phi) is 9.75. The first-order chi connectivity index (χ1) is 25.5. The minimum Gasteiger partial charge on any atom is -0.490 e. The highest BCUT2D eigenvalue weighted by Gasteiger charge is 2.42. The van der Waals surface area contributed by atoms with Crippen LogP contribution in [0.5, 0.6) is 5.75 Å². The number of carbonyl (C=O) groups is 3. The Bertz CT molecular complexity index is 2220. The second kappa shape index (κ2) is 14.4. The predicted molar refractivity (Wildman–Crippen MR) is 198 cm³/mol. The van der Waals surface area contributed by atoms with Gasteiger partial charge in [0.2, 0.25) is 0 Å². The maximum absolute atomic E-state index is 13.8. The molecule has 0 saturated heterocycles. The number of hydrogen-bond donors (Lipinski definition) is 3. The van der Waals surface area contributed by atoms with Crippen LogP contribution in [-0.4, -0.2) is 55.2 Å². The van der Waals surface area contributed by atoms with Gasteiger partial charge < -0.3 is 29.6 Å². The van der Waals surface area contributed by atoms with Gasteiger partial charge in [-0.05, 0) is 86.2 Å². The van der Waals surface area contributed by atoms with E-state index < -0.39 is 17.8 Å². The molecule has 2 atom stereocenters. The molecule has 12 heteroatoms. The summed E-state index contributed by atoms with van der Waals surface area (Å²) < 4.78 is 13.2. The second-order valence-corrected chi connectivity index (χ2v) is 13.7. The SMILES string of the molecule is C=C1OCc2c(cc3n(c2=O)Cc2c-3nc3ccc(OC(=O)c4ccc(NC(O)CCCCCN5C(=O)C=CC5=O)cc4)cc3c2CC)C1(O)CCC. The van der Waals surface area contributed by atoms with E-state index in [0.717, 1.165) is 22.9 Å². The molecule has 5 heterocycles. The number of fused-ring (bicyclic) bond motifs is 5. The van der Waals surface area contributed by atoms with Gasteiger partial charge in [-0.25, -0.2) is 9.78 Å². The molecule has 0 spiro atoms. The van der Waals surface area contributed by atoms with Crippen molar-refractivity contribution in [2.45, 2.75) is 83.8 Å². The minimum absolute atomic E-state index is 0.0519. The Morgan fingerprint density at radius 2 is 1.79 bits per heavy atom. The zero-order chi connectivity index (χ0) is 37.4.